The minimum atomic E-state index is -0.391. The SMILES string of the molecule is COC(=O)C(Cc1ccc(-c2cnns2)cc1)c1cccc(C2CC(C(C)C)=Cc3cccnc32)c1. The Hall–Kier alpha value is -3.64. The number of nitrogens with zero attached hydrogens (tertiary/aromatic N) is 3. The molecule has 36 heavy (non-hydrogen) atoms. The average Bonchev–Trinajstić information content (AvgIpc) is 3.46. The zero-order valence-electron chi connectivity index (χ0n) is 20.7. The van der Waals surface area contributed by atoms with Gasteiger partial charge in [0.05, 0.1) is 29.8 Å². The summed E-state index contributed by atoms with van der Waals surface area (Å²) in [4.78, 5) is 18.7. The predicted octanol–water partition coefficient (Wildman–Crippen LogP) is 6.67. The first-order valence-corrected chi connectivity index (χ1v) is 13.0. The molecule has 2 aromatic carbocycles. The first-order valence-electron chi connectivity index (χ1n) is 12.2. The van der Waals surface area contributed by atoms with Crippen LogP contribution in [0.25, 0.3) is 16.5 Å². The topological polar surface area (TPSA) is 65.0 Å². The Balaban J connectivity index is 1.45. The maximum absolute atomic E-state index is 12.9. The Morgan fingerprint density at radius 3 is 2.67 bits per heavy atom. The molecule has 6 heteroatoms. The highest BCUT2D eigenvalue weighted by Crippen LogP contribution is 2.40. The second kappa shape index (κ2) is 10.5. The van der Waals surface area contributed by atoms with Crippen LogP contribution in [-0.2, 0) is 16.0 Å². The molecule has 0 saturated carbocycles. The highest BCUT2D eigenvalue weighted by atomic mass is 32.1. The molecule has 2 heterocycles. The van der Waals surface area contributed by atoms with Crippen molar-refractivity contribution in [2.24, 2.45) is 5.92 Å². The van der Waals surface area contributed by atoms with Crippen molar-refractivity contribution in [2.45, 2.75) is 38.5 Å². The number of aromatic nitrogens is 3. The van der Waals surface area contributed by atoms with Crippen LogP contribution in [-0.4, -0.2) is 27.7 Å². The fourth-order valence-electron chi connectivity index (χ4n) is 4.92. The van der Waals surface area contributed by atoms with E-state index in [1.165, 1.54) is 35.3 Å². The van der Waals surface area contributed by atoms with Crippen LogP contribution in [0.2, 0.25) is 0 Å². The number of ether oxygens (including phenoxy) is 1. The lowest BCUT2D eigenvalue weighted by atomic mass is 9.78. The second-order valence-corrected chi connectivity index (χ2v) is 10.3. The maximum Gasteiger partial charge on any atom is 0.313 e. The predicted molar refractivity (Wildman–Crippen MR) is 144 cm³/mol. The molecule has 4 aromatic rings. The normalized spacial score (nSPS) is 15.8. The van der Waals surface area contributed by atoms with Crippen LogP contribution in [0.1, 0.15) is 60.1 Å². The molecule has 0 fully saturated rings. The van der Waals surface area contributed by atoms with Crippen molar-refractivity contribution in [3.8, 4) is 10.4 Å². The molecule has 182 valence electrons. The summed E-state index contributed by atoms with van der Waals surface area (Å²) in [6, 6.07) is 20.8. The quantitative estimate of drug-likeness (QED) is 0.268. The van der Waals surface area contributed by atoms with E-state index < -0.39 is 5.92 Å². The van der Waals surface area contributed by atoms with Gasteiger partial charge in [-0.3, -0.25) is 9.78 Å². The largest absolute Gasteiger partial charge is 0.469 e. The summed E-state index contributed by atoms with van der Waals surface area (Å²) in [7, 11) is 1.46. The van der Waals surface area contributed by atoms with Crippen molar-refractivity contribution in [3.05, 3.63) is 107 Å². The lowest BCUT2D eigenvalue weighted by Crippen LogP contribution is -2.18. The molecular formula is C30H29N3O2S. The van der Waals surface area contributed by atoms with E-state index in [2.05, 4.69) is 78.0 Å². The van der Waals surface area contributed by atoms with E-state index in [0.29, 0.717) is 12.3 Å². The number of rotatable bonds is 7. The summed E-state index contributed by atoms with van der Waals surface area (Å²) in [5.41, 5.74) is 8.00. The number of hydrogen-bond donors (Lipinski definition) is 0. The molecule has 0 N–H and O–H groups in total. The van der Waals surface area contributed by atoms with Gasteiger partial charge in [0.25, 0.3) is 0 Å². The molecule has 0 radical (unpaired) electrons. The Morgan fingerprint density at radius 2 is 1.94 bits per heavy atom. The van der Waals surface area contributed by atoms with Crippen LogP contribution in [0.15, 0.2) is 78.6 Å². The summed E-state index contributed by atoms with van der Waals surface area (Å²) in [6.07, 6.45) is 7.42. The van der Waals surface area contributed by atoms with Crippen LogP contribution < -0.4 is 0 Å². The van der Waals surface area contributed by atoms with Crippen molar-refractivity contribution >= 4 is 23.6 Å². The number of fused-ring (bicyclic) bond motifs is 1. The lowest BCUT2D eigenvalue weighted by molar-refractivity contribution is -0.142. The van der Waals surface area contributed by atoms with Gasteiger partial charge in [-0.2, -0.15) is 0 Å². The van der Waals surface area contributed by atoms with E-state index in [4.69, 9.17) is 9.72 Å². The van der Waals surface area contributed by atoms with Gasteiger partial charge in [0.1, 0.15) is 0 Å². The van der Waals surface area contributed by atoms with Gasteiger partial charge in [0.2, 0.25) is 0 Å². The van der Waals surface area contributed by atoms with Crippen molar-refractivity contribution in [1.82, 2.24) is 14.6 Å². The number of benzene rings is 2. The zero-order valence-corrected chi connectivity index (χ0v) is 21.5. The smallest absolute Gasteiger partial charge is 0.313 e. The van der Waals surface area contributed by atoms with E-state index in [0.717, 1.165) is 33.7 Å². The number of carbonyl (C=O) groups excluding carboxylic acids is 1. The molecule has 5 nitrogen and oxygen atoms in total. The molecule has 0 bridgehead atoms. The first kappa shape index (κ1) is 24.1. The summed E-state index contributed by atoms with van der Waals surface area (Å²) < 4.78 is 9.18. The lowest BCUT2D eigenvalue weighted by Gasteiger charge is -2.27. The number of esters is 1. The van der Waals surface area contributed by atoms with Crippen LogP contribution in [0, 0.1) is 5.92 Å². The highest BCUT2D eigenvalue weighted by molar-refractivity contribution is 7.09. The summed E-state index contributed by atoms with van der Waals surface area (Å²) in [6.45, 7) is 4.48. The molecule has 1 aliphatic rings. The van der Waals surface area contributed by atoms with E-state index in [1.807, 2.05) is 18.3 Å². The van der Waals surface area contributed by atoms with Crippen LogP contribution in [0.5, 0.6) is 0 Å². The van der Waals surface area contributed by atoms with Gasteiger partial charge in [0, 0.05) is 12.1 Å². The minimum absolute atomic E-state index is 0.161. The average molecular weight is 496 g/mol. The number of pyridine rings is 1. The monoisotopic (exact) mass is 495 g/mol. The van der Waals surface area contributed by atoms with Crippen molar-refractivity contribution in [3.63, 3.8) is 0 Å². The van der Waals surface area contributed by atoms with Crippen molar-refractivity contribution < 1.29 is 9.53 Å². The number of hydrogen-bond acceptors (Lipinski definition) is 6. The third-order valence-electron chi connectivity index (χ3n) is 6.96. The molecule has 0 aliphatic heterocycles. The Morgan fingerprint density at radius 1 is 1.11 bits per heavy atom. The fraction of sp³-hybridized carbons (Fsp3) is 0.267. The van der Waals surface area contributed by atoms with E-state index in [9.17, 15) is 4.79 Å². The summed E-state index contributed by atoms with van der Waals surface area (Å²) >= 11 is 1.37. The molecule has 1 aliphatic carbocycles. The maximum atomic E-state index is 12.9. The Labute approximate surface area is 216 Å². The van der Waals surface area contributed by atoms with Gasteiger partial charge in [0.15, 0.2) is 0 Å². The van der Waals surface area contributed by atoms with Gasteiger partial charge < -0.3 is 4.74 Å². The molecule has 0 amide bonds. The first-order chi connectivity index (χ1) is 17.5. The number of allylic oxidation sites excluding steroid dienone is 1. The molecular weight excluding hydrogens is 466 g/mol. The van der Waals surface area contributed by atoms with Gasteiger partial charge in [-0.15, -0.1) is 5.10 Å². The fourth-order valence-corrected chi connectivity index (χ4v) is 5.44. The number of methoxy groups -OCH3 is 1. The molecule has 0 spiro atoms. The molecule has 5 rings (SSSR count). The van der Waals surface area contributed by atoms with Gasteiger partial charge in [-0.1, -0.05) is 84.6 Å². The van der Waals surface area contributed by atoms with Gasteiger partial charge >= 0.3 is 5.97 Å². The van der Waals surface area contributed by atoms with Crippen LogP contribution in [0.3, 0.4) is 0 Å². The second-order valence-electron chi connectivity index (χ2n) is 9.54. The van der Waals surface area contributed by atoms with E-state index in [-0.39, 0.29) is 11.9 Å². The molecule has 0 saturated heterocycles. The number of carbonyl (C=O) groups is 1. The van der Waals surface area contributed by atoms with E-state index in [1.54, 1.807) is 6.20 Å². The molecule has 2 aromatic heterocycles. The third kappa shape index (κ3) is 5.00. The molecule has 2 unspecified atom stereocenters. The summed E-state index contributed by atoms with van der Waals surface area (Å²) in [5, 5.41) is 3.92. The standard InChI is InChI=1S/C30H29N3O2S/c1-19(2)25-16-24-8-5-13-31-29(24)26(17-25)22-6-4-7-23(15-22)27(30(34)35-3)14-20-9-11-21(12-10-20)28-18-32-33-36-28/h4-13,15-16,18-19,26-27H,14,17H2,1-3H3. The van der Waals surface area contributed by atoms with Gasteiger partial charge in [-0.05, 0) is 64.2 Å². The third-order valence-corrected chi connectivity index (χ3v) is 7.68. The molecule has 2 atom stereocenters. The summed E-state index contributed by atoms with van der Waals surface area (Å²) in [5.74, 6) is 0.00954. The van der Waals surface area contributed by atoms with Crippen LogP contribution >= 0.6 is 11.5 Å². The minimum Gasteiger partial charge on any atom is -0.469 e. The Kier molecular flexibility index (Phi) is 7.05. The van der Waals surface area contributed by atoms with Crippen molar-refractivity contribution in [2.75, 3.05) is 7.11 Å². The highest BCUT2D eigenvalue weighted by Gasteiger charge is 2.27. The zero-order chi connectivity index (χ0) is 25.1. The van der Waals surface area contributed by atoms with E-state index >= 15 is 0 Å². The Bertz CT molecular complexity index is 1380. The van der Waals surface area contributed by atoms with Gasteiger partial charge in [-0.25, -0.2) is 0 Å². The van der Waals surface area contributed by atoms with Crippen LogP contribution in [0.4, 0.5) is 0 Å². The van der Waals surface area contributed by atoms with Crippen molar-refractivity contribution in [1.29, 1.82) is 0 Å².